The van der Waals surface area contributed by atoms with Gasteiger partial charge in [0, 0.05) is 32.7 Å². The van der Waals surface area contributed by atoms with Crippen molar-refractivity contribution >= 4 is 5.91 Å². The summed E-state index contributed by atoms with van der Waals surface area (Å²) >= 11 is 0. The molecule has 116 valence electrons. The highest BCUT2D eigenvalue weighted by Gasteiger charge is 2.30. The van der Waals surface area contributed by atoms with Crippen molar-refractivity contribution in [1.82, 2.24) is 14.9 Å². The Morgan fingerprint density at radius 1 is 1.52 bits per heavy atom. The third-order valence-corrected chi connectivity index (χ3v) is 4.42. The Labute approximate surface area is 124 Å². The van der Waals surface area contributed by atoms with Crippen molar-refractivity contribution in [3.8, 4) is 0 Å². The smallest absolute Gasteiger partial charge is 0.287 e. The number of nitrogens with one attached hydrogen (secondary N) is 1. The molecule has 2 fully saturated rings. The van der Waals surface area contributed by atoms with Crippen molar-refractivity contribution in [2.45, 2.75) is 37.8 Å². The number of nitrogens with zero attached hydrogens (tertiary/aromatic N) is 2. The summed E-state index contributed by atoms with van der Waals surface area (Å²) in [4.78, 5) is 16.3. The molecule has 1 amide bonds. The molecule has 1 N–H and O–H groups in total. The van der Waals surface area contributed by atoms with Crippen molar-refractivity contribution in [3.63, 3.8) is 0 Å². The fourth-order valence-corrected chi connectivity index (χ4v) is 2.78. The van der Waals surface area contributed by atoms with Crippen LogP contribution in [0.3, 0.4) is 0 Å². The van der Waals surface area contributed by atoms with E-state index in [0.717, 1.165) is 13.0 Å². The van der Waals surface area contributed by atoms with E-state index in [1.807, 2.05) is 7.05 Å². The van der Waals surface area contributed by atoms with Crippen LogP contribution in [-0.2, 0) is 16.5 Å². The highest BCUT2D eigenvalue weighted by molar-refractivity contribution is 5.91. The minimum absolute atomic E-state index is 0.00280. The van der Waals surface area contributed by atoms with Crippen molar-refractivity contribution in [2.24, 2.45) is 13.0 Å². The summed E-state index contributed by atoms with van der Waals surface area (Å²) in [5.74, 6) is 0.976. The third-order valence-electron chi connectivity index (χ3n) is 4.42. The maximum Gasteiger partial charge on any atom is 0.287 e. The van der Waals surface area contributed by atoms with Crippen molar-refractivity contribution < 1.29 is 14.3 Å². The molecular weight excluding hydrogens is 270 g/mol. The van der Waals surface area contributed by atoms with Gasteiger partial charge in [0.05, 0.1) is 12.6 Å². The molecular formula is C15H23N3O3. The van der Waals surface area contributed by atoms with Gasteiger partial charge in [-0.2, -0.15) is 0 Å². The minimum atomic E-state index is -0.147. The molecule has 3 rings (SSSR count). The van der Waals surface area contributed by atoms with Crippen molar-refractivity contribution in [3.05, 3.63) is 18.2 Å². The molecule has 0 bridgehead atoms. The van der Waals surface area contributed by atoms with Gasteiger partial charge in [0.1, 0.15) is 6.10 Å². The second-order valence-corrected chi connectivity index (χ2v) is 5.97. The van der Waals surface area contributed by atoms with E-state index in [-0.39, 0.29) is 18.1 Å². The molecule has 2 atom stereocenters. The standard InChI is InChI=1S/C15H23N3O3/c1-18-7-6-16-14(18)15(19)17-12-5-8-20-10-13(12)21-9-11-3-2-4-11/h6-7,11-13H,2-5,8-10H2,1H3,(H,17,19)/t12-,13-/m1/s1. The average molecular weight is 293 g/mol. The van der Waals surface area contributed by atoms with Gasteiger partial charge in [0.15, 0.2) is 5.82 Å². The minimum Gasteiger partial charge on any atom is -0.379 e. The number of hydrogen-bond acceptors (Lipinski definition) is 4. The number of carbonyl (C=O) groups excluding carboxylic acids is 1. The highest BCUT2D eigenvalue weighted by atomic mass is 16.5. The van der Waals surface area contributed by atoms with Gasteiger partial charge >= 0.3 is 0 Å². The number of imidazole rings is 1. The molecule has 1 saturated carbocycles. The van der Waals surface area contributed by atoms with Gasteiger partial charge in [0.25, 0.3) is 5.91 Å². The maximum atomic E-state index is 12.3. The third kappa shape index (κ3) is 3.44. The summed E-state index contributed by atoms with van der Waals surface area (Å²) in [5, 5.41) is 3.04. The fourth-order valence-electron chi connectivity index (χ4n) is 2.78. The lowest BCUT2D eigenvalue weighted by Gasteiger charge is -2.34. The van der Waals surface area contributed by atoms with Crippen molar-refractivity contribution in [2.75, 3.05) is 19.8 Å². The first-order valence-electron chi connectivity index (χ1n) is 7.71. The van der Waals surface area contributed by atoms with Crippen molar-refractivity contribution in [1.29, 1.82) is 0 Å². The zero-order chi connectivity index (χ0) is 14.7. The molecule has 6 nitrogen and oxygen atoms in total. The Balaban J connectivity index is 1.55. The topological polar surface area (TPSA) is 65.4 Å². The SMILES string of the molecule is Cn1ccnc1C(=O)N[C@@H]1CCOC[C@H]1OCC1CCC1. The van der Waals surface area contributed by atoms with Crippen LogP contribution in [0.2, 0.25) is 0 Å². The van der Waals surface area contributed by atoms with E-state index in [9.17, 15) is 4.79 Å². The van der Waals surface area contributed by atoms with Gasteiger partial charge in [-0.05, 0) is 25.2 Å². The molecule has 2 heterocycles. The zero-order valence-electron chi connectivity index (χ0n) is 12.5. The fraction of sp³-hybridized carbons (Fsp3) is 0.733. The molecule has 0 unspecified atom stereocenters. The van der Waals surface area contributed by atoms with Crippen LogP contribution in [0.5, 0.6) is 0 Å². The summed E-state index contributed by atoms with van der Waals surface area (Å²) in [7, 11) is 1.82. The summed E-state index contributed by atoms with van der Waals surface area (Å²) in [6, 6.07) is 0.00280. The molecule has 0 aromatic carbocycles. The number of rotatable bonds is 5. The van der Waals surface area contributed by atoms with E-state index in [2.05, 4.69) is 10.3 Å². The van der Waals surface area contributed by atoms with Crippen LogP contribution >= 0.6 is 0 Å². The number of aryl methyl sites for hydroxylation is 1. The Hall–Kier alpha value is -1.40. The van der Waals surface area contributed by atoms with E-state index >= 15 is 0 Å². The van der Waals surface area contributed by atoms with E-state index in [1.54, 1.807) is 17.0 Å². The molecule has 1 aromatic heterocycles. The summed E-state index contributed by atoms with van der Waals surface area (Å²) in [6.45, 7) is 2.00. The summed E-state index contributed by atoms with van der Waals surface area (Å²) < 4.78 is 13.2. The van der Waals surface area contributed by atoms with Gasteiger partial charge in [-0.15, -0.1) is 0 Å². The van der Waals surface area contributed by atoms with Crippen LogP contribution in [-0.4, -0.2) is 47.4 Å². The maximum absolute atomic E-state index is 12.3. The summed E-state index contributed by atoms with van der Waals surface area (Å²) in [6.07, 6.45) is 7.96. The predicted molar refractivity (Wildman–Crippen MR) is 77.0 cm³/mol. The van der Waals surface area contributed by atoms with E-state index in [4.69, 9.17) is 9.47 Å². The van der Waals surface area contributed by atoms with E-state index in [0.29, 0.717) is 25.0 Å². The van der Waals surface area contributed by atoms with Gasteiger partial charge in [-0.25, -0.2) is 4.98 Å². The lowest BCUT2D eigenvalue weighted by molar-refractivity contribution is -0.0819. The van der Waals surface area contributed by atoms with Crippen LogP contribution in [0, 0.1) is 5.92 Å². The van der Waals surface area contributed by atoms with Gasteiger partial charge < -0.3 is 19.4 Å². The van der Waals surface area contributed by atoms with Crippen LogP contribution < -0.4 is 5.32 Å². The summed E-state index contributed by atoms with van der Waals surface area (Å²) in [5.41, 5.74) is 0. The van der Waals surface area contributed by atoms with Gasteiger partial charge in [-0.3, -0.25) is 4.79 Å². The molecule has 0 radical (unpaired) electrons. The average Bonchev–Trinajstić information content (AvgIpc) is 2.85. The molecule has 1 aliphatic heterocycles. The predicted octanol–water partition coefficient (Wildman–Crippen LogP) is 1.12. The first-order valence-corrected chi connectivity index (χ1v) is 7.71. The second-order valence-electron chi connectivity index (χ2n) is 5.97. The lowest BCUT2D eigenvalue weighted by atomic mass is 9.86. The van der Waals surface area contributed by atoms with Crippen LogP contribution in [0.15, 0.2) is 12.4 Å². The van der Waals surface area contributed by atoms with E-state index in [1.165, 1.54) is 19.3 Å². The molecule has 21 heavy (non-hydrogen) atoms. The van der Waals surface area contributed by atoms with E-state index < -0.39 is 0 Å². The number of amides is 1. The van der Waals surface area contributed by atoms with Gasteiger partial charge in [0.2, 0.25) is 0 Å². The van der Waals surface area contributed by atoms with Crippen LogP contribution in [0.25, 0.3) is 0 Å². The monoisotopic (exact) mass is 293 g/mol. The second kappa shape index (κ2) is 6.58. The number of hydrogen-bond donors (Lipinski definition) is 1. The number of aromatic nitrogens is 2. The van der Waals surface area contributed by atoms with Crippen LogP contribution in [0.1, 0.15) is 36.3 Å². The molecule has 6 heteroatoms. The Kier molecular flexibility index (Phi) is 4.55. The molecule has 1 aromatic rings. The Morgan fingerprint density at radius 2 is 2.38 bits per heavy atom. The quantitative estimate of drug-likeness (QED) is 0.883. The Bertz CT molecular complexity index is 484. The number of carbonyl (C=O) groups is 1. The molecule has 0 spiro atoms. The molecule has 1 aliphatic carbocycles. The zero-order valence-corrected chi connectivity index (χ0v) is 12.5. The molecule has 2 aliphatic rings. The number of ether oxygens (including phenoxy) is 2. The van der Waals surface area contributed by atoms with Crippen LogP contribution in [0.4, 0.5) is 0 Å². The first-order chi connectivity index (χ1) is 10.2. The highest BCUT2D eigenvalue weighted by Crippen LogP contribution is 2.27. The van der Waals surface area contributed by atoms with Gasteiger partial charge in [-0.1, -0.05) is 6.42 Å². The lowest BCUT2D eigenvalue weighted by Crippen LogP contribution is -2.50. The normalized spacial score (nSPS) is 26.3. The molecule has 1 saturated heterocycles. The Morgan fingerprint density at radius 3 is 3.05 bits per heavy atom. The largest absolute Gasteiger partial charge is 0.379 e. The first kappa shape index (κ1) is 14.5.